The lowest BCUT2D eigenvalue weighted by atomic mass is 10.0. The van der Waals surface area contributed by atoms with Gasteiger partial charge in [-0.1, -0.05) is 41.4 Å². The third-order valence-corrected chi connectivity index (χ3v) is 2.65. The maximum atomic E-state index is 5.95. The van der Waals surface area contributed by atoms with Crippen LogP contribution < -0.4 is 0 Å². The average Bonchev–Trinajstić information content (AvgIpc) is 2.16. The largest absolute Gasteiger partial charge is 0.0843 e. The Labute approximate surface area is 99.5 Å². The molecule has 0 unspecified atom stereocenters. The molecule has 2 aromatic rings. The van der Waals surface area contributed by atoms with Crippen molar-refractivity contribution in [1.29, 1.82) is 0 Å². The van der Waals surface area contributed by atoms with Gasteiger partial charge in [-0.3, -0.25) is 0 Å². The second kappa shape index (κ2) is 4.26. The Hall–Kier alpha value is -0.980. The molecule has 0 aliphatic heterocycles. The monoisotopic (exact) mass is 235 g/mol. The fourth-order valence-corrected chi connectivity index (χ4v) is 2.06. The normalized spacial score (nSPS) is 10.3. The number of halogens is 2. The molecule has 0 nitrogen and oxygen atoms in total. The average molecular weight is 236 g/mol. The van der Waals surface area contributed by atoms with E-state index in [4.69, 9.17) is 23.2 Å². The Morgan fingerprint density at radius 3 is 2.33 bits per heavy atom. The molecule has 0 saturated heterocycles. The SMILES string of the molecule is Cc1ccc[c]c1-c1cc(Cl)cc(Cl)c1. The van der Waals surface area contributed by atoms with Gasteiger partial charge in [0.05, 0.1) is 0 Å². The third kappa shape index (κ3) is 2.34. The van der Waals surface area contributed by atoms with E-state index in [0.717, 1.165) is 16.7 Å². The van der Waals surface area contributed by atoms with Crippen LogP contribution in [0.3, 0.4) is 0 Å². The van der Waals surface area contributed by atoms with Gasteiger partial charge >= 0.3 is 0 Å². The van der Waals surface area contributed by atoms with Crippen molar-refractivity contribution in [2.75, 3.05) is 0 Å². The van der Waals surface area contributed by atoms with Crippen molar-refractivity contribution in [3.8, 4) is 11.1 Å². The first-order chi connectivity index (χ1) is 7.16. The summed E-state index contributed by atoms with van der Waals surface area (Å²) < 4.78 is 0. The molecule has 0 aliphatic rings. The maximum Gasteiger partial charge on any atom is 0.0426 e. The van der Waals surface area contributed by atoms with E-state index in [9.17, 15) is 0 Å². The molecular weight excluding hydrogens is 227 g/mol. The standard InChI is InChI=1S/C13H9Cl2/c1-9-4-2-3-5-13(9)10-6-11(14)8-12(15)7-10/h2-4,6-8H,1H3. The summed E-state index contributed by atoms with van der Waals surface area (Å²) in [6.45, 7) is 2.04. The number of rotatable bonds is 1. The fourth-order valence-electron chi connectivity index (χ4n) is 1.53. The molecule has 0 aromatic heterocycles. The molecule has 15 heavy (non-hydrogen) atoms. The number of hydrogen-bond acceptors (Lipinski definition) is 0. The van der Waals surface area contributed by atoms with Crippen molar-refractivity contribution in [3.63, 3.8) is 0 Å². The summed E-state index contributed by atoms with van der Waals surface area (Å²) in [5.74, 6) is 0. The van der Waals surface area contributed by atoms with Crippen LogP contribution in [0.4, 0.5) is 0 Å². The van der Waals surface area contributed by atoms with E-state index in [0.29, 0.717) is 10.0 Å². The zero-order valence-corrected chi connectivity index (χ0v) is 9.73. The van der Waals surface area contributed by atoms with Gasteiger partial charge in [0.2, 0.25) is 0 Å². The summed E-state index contributed by atoms with van der Waals surface area (Å²) >= 11 is 11.9. The lowest BCUT2D eigenvalue weighted by Crippen LogP contribution is -1.83. The lowest BCUT2D eigenvalue weighted by molar-refractivity contribution is 1.45. The summed E-state index contributed by atoms with van der Waals surface area (Å²) in [6, 6.07) is 14.6. The molecular formula is C13H9Cl2. The van der Waals surface area contributed by atoms with Crippen LogP contribution in [-0.2, 0) is 0 Å². The second-order valence-electron chi connectivity index (χ2n) is 3.39. The highest BCUT2D eigenvalue weighted by atomic mass is 35.5. The molecule has 0 bridgehead atoms. The van der Waals surface area contributed by atoms with Crippen molar-refractivity contribution in [3.05, 3.63) is 58.1 Å². The van der Waals surface area contributed by atoms with E-state index in [1.807, 2.05) is 37.3 Å². The van der Waals surface area contributed by atoms with Gasteiger partial charge in [-0.25, -0.2) is 0 Å². The minimum absolute atomic E-state index is 0.647. The van der Waals surface area contributed by atoms with Crippen LogP contribution in [0.15, 0.2) is 36.4 Å². The van der Waals surface area contributed by atoms with Crippen LogP contribution in [-0.4, -0.2) is 0 Å². The maximum absolute atomic E-state index is 5.95. The van der Waals surface area contributed by atoms with Gasteiger partial charge in [-0.05, 0) is 47.9 Å². The molecule has 2 heteroatoms. The number of hydrogen-bond donors (Lipinski definition) is 0. The molecule has 0 saturated carbocycles. The Morgan fingerprint density at radius 1 is 1.07 bits per heavy atom. The second-order valence-corrected chi connectivity index (χ2v) is 4.26. The Morgan fingerprint density at radius 2 is 1.73 bits per heavy atom. The van der Waals surface area contributed by atoms with Crippen LogP contribution >= 0.6 is 23.2 Å². The number of aryl methyl sites for hydroxylation is 1. The summed E-state index contributed by atoms with van der Waals surface area (Å²) in [4.78, 5) is 0. The zero-order chi connectivity index (χ0) is 10.8. The smallest absolute Gasteiger partial charge is 0.0426 e. The molecule has 0 amide bonds. The van der Waals surface area contributed by atoms with Gasteiger partial charge in [0.15, 0.2) is 0 Å². The van der Waals surface area contributed by atoms with Crippen LogP contribution in [0.25, 0.3) is 11.1 Å². The highest BCUT2D eigenvalue weighted by Gasteiger charge is 2.03. The van der Waals surface area contributed by atoms with E-state index in [1.165, 1.54) is 0 Å². The summed E-state index contributed by atoms with van der Waals surface area (Å²) in [5, 5.41) is 1.29. The summed E-state index contributed by atoms with van der Waals surface area (Å²) in [5.41, 5.74) is 3.21. The van der Waals surface area contributed by atoms with Crippen LogP contribution in [0.1, 0.15) is 5.56 Å². The highest BCUT2D eigenvalue weighted by molar-refractivity contribution is 6.35. The molecule has 0 atom stereocenters. The molecule has 0 spiro atoms. The molecule has 0 aliphatic carbocycles. The van der Waals surface area contributed by atoms with Gasteiger partial charge in [-0.2, -0.15) is 0 Å². The van der Waals surface area contributed by atoms with E-state index in [-0.39, 0.29) is 0 Å². The molecule has 2 rings (SSSR count). The van der Waals surface area contributed by atoms with Gasteiger partial charge in [0, 0.05) is 10.0 Å². The Bertz CT molecular complexity index is 469. The van der Waals surface area contributed by atoms with E-state index < -0.39 is 0 Å². The quantitative estimate of drug-likeness (QED) is 0.669. The van der Waals surface area contributed by atoms with Crippen molar-refractivity contribution in [2.24, 2.45) is 0 Å². The first-order valence-corrected chi connectivity index (χ1v) is 5.36. The van der Waals surface area contributed by atoms with Gasteiger partial charge in [0.25, 0.3) is 0 Å². The topological polar surface area (TPSA) is 0 Å². The van der Waals surface area contributed by atoms with Gasteiger partial charge in [-0.15, -0.1) is 0 Å². The van der Waals surface area contributed by atoms with E-state index >= 15 is 0 Å². The van der Waals surface area contributed by atoms with Crippen molar-refractivity contribution in [1.82, 2.24) is 0 Å². The minimum Gasteiger partial charge on any atom is -0.0843 e. The van der Waals surface area contributed by atoms with Crippen LogP contribution in [0.2, 0.25) is 10.0 Å². The zero-order valence-electron chi connectivity index (χ0n) is 8.22. The first kappa shape index (κ1) is 10.5. The molecule has 0 heterocycles. The molecule has 75 valence electrons. The Balaban J connectivity index is 2.59. The van der Waals surface area contributed by atoms with E-state index in [2.05, 4.69) is 6.07 Å². The first-order valence-electron chi connectivity index (χ1n) is 4.60. The van der Waals surface area contributed by atoms with Crippen LogP contribution in [0.5, 0.6) is 0 Å². The predicted octanol–water partition coefficient (Wildman–Crippen LogP) is 4.77. The van der Waals surface area contributed by atoms with Crippen molar-refractivity contribution in [2.45, 2.75) is 6.92 Å². The molecule has 0 N–H and O–H groups in total. The molecule has 2 aromatic carbocycles. The minimum atomic E-state index is 0.647. The Kier molecular flexibility index (Phi) is 2.99. The van der Waals surface area contributed by atoms with Crippen molar-refractivity contribution >= 4 is 23.2 Å². The number of benzene rings is 2. The van der Waals surface area contributed by atoms with Gasteiger partial charge < -0.3 is 0 Å². The van der Waals surface area contributed by atoms with Gasteiger partial charge in [0.1, 0.15) is 0 Å². The third-order valence-electron chi connectivity index (χ3n) is 2.22. The lowest BCUT2D eigenvalue weighted by Gasteiger charge is -2.06. The fraction of sp³-hybridized carbons (Fsp3) is 0.0769. The van der Waals surface area contributed by atoms with Crippen LogP contribution in [0, 0.1) is 13.0 Å². The van der Waals surface area contributed by atoms with E-state index in [1.54, 1.807) is 6.07 Å². The molecule has 1 radical (unpaired) electrons. The molecule has 0 fully saturated rings. The summed E-state index contributed by atoms with van der Waals surface area (Å²) in [7, 11) is 0. The predicted molar refractivity (Wildman–Crippen MR) is 65.5 cm³/mol. The highest BCUT2D eigenvalue weighted by Crippen LogP contribution is 2.28. The summed E-state index contributed by atoms with van der Waals surface area (Å²) in [6.07, 6.45) is 0. The van der Waals surface area contributed by atoms with Crippen molar-refractivity contribution < 1.29 is 0 Å².